The highest BCUT2D eigenvalue weighted by Gasteiger charge is 1.83. The lowest BCUT2D eigenvalue weighted by Crippen LogP contribution is -1.79. The number of nitrogens with one attached hydrogen (secondary N) is 1. The largest absolute Gasteiger partial charge is 0.337 e. The third-order valence-electron chi connectivity index (χ3n) is 0.675. The van der Waals surface area contributed by atoms with Gasteiger partial charge in [0.15, 0.2) is 0 Å². The Morgan fingerprint density at radius 3 is 2.88 bits per heavy atom. The molecule has 0 atom stereocenters. The topological polar surface area (TPSA) is 28.7 Å². The first-order valence-electron chi connectivity index (χ1n) is 1.99. The van der Waals surface area contributed by atoms with Crippen LogP contribution in [-0.2, 0) is 0 Å². The van der Waals surface area contributed by atoms with E-state index in [0.717, 1.165) is 8.21 Å². The van der Waals surface area contributed by atoms with Crippen molar-refractivity contribution < 1.29 is 0 Å². The Balaban J connectivity index is 3.35. The van der Waals surface area contributed by atoms with Crippen LogP contribution in [0.15, 0.2) is 12.5 Å². The molecule has 0 aliphatic rings. The van der Waals surface area contributed by atoms with E-state index in [0.29, 0.717) is 0 Å². The molecule has 0 amide bonds. The molecule has 0 aliphatic carbocycles. The van der Waals surface area contributed by atoms with Crippen LogP contribution in [0, 0.1) is 8.21 Å². The van der Waals surface area contributed by atoms with Gasteiger partial charge in [0.05, 0.1) is 9.90 Å². The molecule has 8 heavy (non-hydrogen) atoms. The highest BCUT2D eigenvalue weighted by molar-refractivity contribution is 14.1. The quantitative estimate of drug-likeness (QED) is 0.551. The number of nitrogens with zero attached hydrogens (tertiary/aromatic N) is 1. The van der Waals surface area contributed by atoms with Crippen LogP contribution < -0.4 is 0 Å². The Hall–Kier alpha value is 0.0300. The molecule has 0 fully saturated rings. The van der Waals surface area contributed by atoms with E-state index in [2.05, 4.69) is 32.6 Å². The van der Waals surface area contributed by atoms with Crippen molar-refractivity contribution in [2.24, 2.45) is 0 Å². The van der Waals surface area contributed by atoms with Crippen molar-refractivity contribution in [2.75, 3.05) is 0 Å². The van der Waals surface area contributed by atoms with Crippen LogP contribution in [0.3, 0.4) is 0 Å². The molecule has 42 valence electrons. The number of hydrogen-bond donors (Lipinski definition) is 1. The smallest absolute Gasteiger partial charge is 0.119 e. The van der Waals surface area contributed by atoms with Crippen molar-refractivity contribution in [3.05, 3.63) is 20.7 Å². The van der Waals surface area contributed by atoms with Gasteiger partial charge in [0.25, 0.3) is 0 Å². The summed E-state index contributed by atoms with van der Waals surface area (Å²) in [4.78, 5) is 6.61. The summed E-state index contributed by atoms with van der Waals surface area (Å²) in [5.41, 5.74) is 0. The van der Waals surface area contributed by atoms with Gasteiger partial charge in [-0.2, -0.15) is 0 Å². The first-order chi connectivity index (χ1) is 3.80. The Bertz CT molecular complexity index is 231. The average Bonchev–Trinajstić information content (AvgIpc) is 1.77. The van der Waals surface area contributed by atoms with Crippen molar-refractivity contribution in [3.8, 4) is 0 Å². The first kappa shape index (κ1) is 6.15. The van der Waals surface area contributed by atoms with Crippen LogP contribution in [0.1, 0.15) is 0 Å². The maximum Gasteiger partial charge on any atom is 0.119 e. The van der Waals surface area contributed by atoms with Gasteiger partial charge in [-0.15, -0.1) is 0 Å². The summed E-state index contributed by atoms with van der Waals surface area (Å²) in [6.45, 7) is 0. The molecule has 0 saturated carbocycles. The second-order valence-corrected chi connectivity index (χ2v) is 2.80. The van der Waals surface area contributed by atoms with Crippen LogP contribution in [0.5, 0.6) is 0 Å². The molecule has 1 heterocycles. The second kappa shape index (κ2) is 2.54. The highest BCUT2D eigenvalue weighted by Crippen LogP contribution is 1.99. The van der Waals surface area contributed by atoms with Gasteiger partial charge in [-0.05, 0) is 22.6 Å². The van der Waals surface area contributed by atoms with E-state index in [-0.39, 0.29) is 0 Å². The van der Waals surface area contributed by atoms with Crippen LogP contribution in [0.4, 0.5) is 0 Å². The molecule has 0 aromatic carbocycles. The van der Waals surface area contributed by atoms with Gasteiger partial charge >= 0.3 is 0 Å². The number of aromatic nitrogens is 2. The van der Waals surface area contributed by atoms with Crippen LogP contribution >= 0.6 is 34.8 Å². The van der Waals surface area contributed by atoms with Crippen LogP contribution in [-0.4, -0.2) is 9.97 Å². The van der Waals surface area contributed by atoms with Gasteiger partial charge in [-0.1, -0.05) is 12.2 Å². The normalized spacial score (nSPS) is 9.12. The number of H-pyrrole nitrogens is 1. The molecule has 0 saturated heterocycles. The zero-order valence-electron chi connectivity index (χ0n) is 3.89. The third-order valence-corrected chi connectivity index (χ3v) is 2.20. The van der Waals surface area contributed by atoms with Gasteiger partial charge in [-0.3, -0.25) is 0 Å². The van der Waals surface area contributed by atoms with E-state index in [4.69, 9.17) is 12.2 Å². The van der Waals surface area contributed by atoms with Crippen LogP contribution in [0.2, 0.25) is 0 Å². The number of halogens is 1. The number of hydrogen-bond acceptors (Lipinski definition) is 2. The summed E-state index contributed by atoms with van der Waals surface area (Å²) in [6, 6.07) is 0. The van der Waals surface area contributed by atoms with Gasteiger partial charge in [-0.25, -0.2) is 4.98 Å². The van der Waals surface area contributed by atoms with E-state index in [1.807, 2.05) is 0 Å². The molecule has 0 unspecified atom stereocenters. The lowest BCUT2D eigenvalue weighted by atomic mass is 10.7. The Labute approximate surface area is 65.5 Å². The zero-order valence-corrected chi connectivity index (χ0v) is 6.86. The van der Waals surface area contributed by atoms with E-state index >= 15 is 0 Å². The molecule has 0 radical (unpaired) electrons. The molecule has 2 nitrogen and oxygen atoms in total. The number of aromatic amines is 1. The fraction of sp³-hybridized carbons (Fsp3) is 0. The molecule has 1 aromatic heterocycles. The number of rotatable bonds is 0. The molecule has 4 heteroatoms. The molecule has 1 aromatic rings. The third kappa shape index (κ3) is 1.25. The predicted molar refractivity (Wildman–Crippen MR) is 42.1 cm³/mol. The summed E-state index contributed by atoms with van der Waals surface area (Å²) in [5.74, 6) is 0. The predicted octanol–water partition coefficient (Wildman–Crippen LogP) is 1.74. The molecular formula is C4H3IN2S. The van der Waals surface area contributed by atoms with E-state index in [1.54, 1.807) is 12.5 Å². The van der Waals surface area contributed by atoms with Gasteiger partial charge in [0.2, 0.25) is 0 Å². The summed E-state index contributed by atoms with van der Waals surface area (Å²) in [6.07, 6.45) is 3.30. The minimum atomic E-state index is 0.751. The van der Waals surface area contributed by atoms with E-state index < -0.39 is 0 Å². The van der Waals surface area contributed by atoms with Gasteiger partial charge < -0.3 is 4.98 Å². The standard InChI is InChI=1S/C4H3IN2S/c5-3-1-6-2-7-4(3)8/h1-2H,(H,6,7,8). The maximum atomic E-state index is 4.85. The molecule has 0 spiro atoms. The summed E-state index contributed by atoms with van der Waals surface area (Å²) in [7, 11) is 0. The van der Waals surface area contributed by atoms with Gasteiger partial charge in [0.1, 0.15) is 4.64 Å². The SMILES string of the molecule is S=c1[nH]cncc1I. The summed E-state index contributed by atoms with van der Waals surface area (Å²) < 4.78 is 1.74. The van der Waals surface area contributed by atoms with Crippen molar-refractivity contribution >= 4 is 34.8 Å². The monoisotopic (exact) mass is 238 g/mol. The lowest BCUT2D eigenvalue weighted by Gasteiger charge is -1.84. The van der Waals surface area contributed by atoms with Crippen molar-refractivity contribution in [2.45, 2.75) is 0 Å². The molecule has 1 N–H and O–H groups in total. The Kier molecular flexibility index (Phi) is 1.95. The van der Waals surface area contributed by atoms with E-state index in [1.165, 1.54) is 0 Å². The van der Waals surface area contributed by atoms with E-state index in [9.17, 15) is 0 Å². The molecule has 1 rings (SSSR count). The average molecular weight is 238 g/mol. The lowest BCUT2D eigenvalue weighted by molar-refractivity contribution is 1.13. The summed E-state index contributed by atoms with van der Waals surface area (Å²) in [5, 5.41) is 0. The summed E-state index contributed by atoms with van der Waals surface area (Å²) >= 11 is 6.98. The van der Waals surface area contributed by atoms with Gasteiger partial charge in [0, 0.05) is 6.20 Å². The first-order valence-corrected chi connectivity index (χ1v) is 3.47. The highest BCUT2D eigenvalue weighted by atomic mass is 127. The minimum Gasteiger partial charge on any atom is -0.337 e. The Morgan fingerprint density at radius 1 is 1.75 bits per heavy atom. The minimum absolute atomic E-state index is 0.751. The molecule has 0 aliphatic heterocycles. The molecule has 0 bridgehead atoms. The fourth-order valence-corrected chi connectivity index (χ4v) is 0.748. The second-order valence-electron chi connectivity index (χ2n) is 1.23. The van der Waals surface area contributed by atoms with Crippen LogP contribution in [0.25, 0.3) is 0 Å². The maximum absolute atomic E-state index is 4.85. The van der Waals surface area contributed by atoms with Crippen molar-refractivity contribution in [1.29, 1.82) is 0 Å². The van der Waals surface area contributed by atoms with Crippen molar-refractivity contribution in [3.63, 3.8) is 0 Å². The Morgan fingerprint density at radius 2 is 2.50 bits per heavy atom. The fourth-order valence-electron chi connectivity index (χ4n) is 0.326. The zero-order chi connectivity index (χ0) is 5.98. The van der Waals surface area contributed by atoms with Crippen molar-refractivity contribution in [1.82, 2.24) is 9.97 Å². The molecular weight excluding hydrogens is 235 g/mol.